The Morgan fingerprint density at radius 3 is 2.16 bits per heavy atom. The van der Waals surface area contributed by atoms with E-state index in [1.807, 2.05) is 6.20 Å². The van der Waals surface area contributed by atoms with Crippen LogP contribution in [-0.4, -0.2) is 78.0 Å². The Balaban J connectivity index is 0.000000844. The second-order valence-corrected chi connectivity index (χ2v) is 6.71. The molecule has 2 heterocycles. The summed E-state index contributed by atoms with van der Waals surface area (Å²) in [6.45, 7) is 11.3. The van der Waals surface area contributed by atoms with Crippen molar-refractivity contribution >= 4 is 24.4 Å². The predicted octanol–water partition coefficient (Wildman–Crippen LogP) is 1.09. The number of carboxylic acid groups (broad SMARTS) is 2. The van der Waals surface area contributed by atoms with Gasteiger partial charge >= 0.3 is 0 Å². The van der Waals surface area contributed by atoms with Crippen LogP contribution < -0.4 is 10.2 Å². The molecule has 1 aliphatic rings. The van der Waals surface area contributed by atoms with Crippen LogP contribution in [0.2, 0.25) is 0 Å². The molecular formula is C16H29N5O4. The van der Waals surface area contributed by atoms with Gasteiger partial charge in [-0.1, -0.05) is 20.8 Å². The van der Waals surface area contributed by atoms with Crippen LogP contribution in [0.5, 0.6) is 0 Å². The van der Waals surface area contributed by atoms with E-state index in [1.54, 1.807) is 0 Å². The highest BCUT2D eigenvalue weighted by molar-refractivity contribution is 5.52. The average molecular weight is 355 g/mol. The third-order valence-corrected chi connectivity index (χ3v) is 3.31. The lowest BCUT2D eigenvalue weighted by molar-refractivity contribution is -0.123. The number of piperazine rings is 1. The van der Waals surface area contributed by atoms with Gasteiger partial charge in [0.15, 0.2) is 5.82 Å². The first-order chi connectivity index (χ1) is 11.8. The first-order valence-electron chi connectivity index (χ1n) is 7.93. The minimum absolute atomic E-state index is 0.242. The molecule has 0 atom stereocenters. The maximum Gasteiger partial charge on any atom is 0.290 e. The molecular weight excluding hydrogens is 326 g/mol. The van der Waals surface area contributed by atoms with Crippen molar-refractivity contribution in [1.82, 2.24) is 15.1 Å². The van der Waals surface area contributed by atoms with Crippen LogP contribution in [-0.2, 0) is 9.59 Å². The standard InChI is InChI=1S/C14H25N5.2CH2O2/c1-14(2,3)11-15-13-9-12(10-16-17-13)19-7-5-18(4)6-8-19;2*2-1-3/h9-10H,5-8,11H2,1-4H3,(H,15,17);2*1H,(H,2,3). The maximum absolute atomic E-state index is 8.36. The maximum atomic E-state index is 8.36. The summed E-state index contributed by atoms with van der Waals surface area (Å²) in [5.41, 5.74) is 1.41. The molecule has 0 amide bonds. The van der Waals surface area contributed by atoms with Crippen molar-refractivity contribution in [2.24, 2.45) is 5.41 Å². The van der Waals surface area contributed by atoms with Gasteiger partial charge in [-0.2, -0.15) is 5.10 Å². The SMILES string of the molecule is CN1CCN(c2cnnc(NCC(C)(C)C)c2)CC1.O=CO.O=CO. The molecule has 9 nitrogen and oxygen atoms in total. The lowest BCUT2D eigenvalue weighted by atomic mass is 9.97. The Kier molecular flexibility index (Phi) is 10.9. The van der Waals surface area contributed by atoms with Gasteiger partial charge in [0.05, 0.1) is 11.9 Å². The summed E-state index contributed by atoms with van der Waals surface area (Å²) in [5.74, 6) is 0.867. The zero-order chi connectivity index (χ0) is 19.3. The lowest BCUT2D eigenvalue weighted by Gasteiger charge is -2.33. The molecule has 1 saturated heterocycles. The van der Waals surface area contributed by atoms with E-state index in [4.69, 9.17) is 19.8 Å². The zero-order valence-corrected chi connectivity index (χ0v) is 15.3. The van der Waals surface area contributed by atoms with Crippen molar-refractivity contribution in [3.63, 3.8) is 0 Å². The van der Waals surface area contributed by atoms with E-state index in [2.05, 4.69) is 59.2 Å². The van der Waals surface area contributed by atoms with E-state index >= 15 is 0 Å². The Hall–Kier alpha value is -2.42. The molecule has 1 aromatic rings. The van der Waals surface area contributed by atoms with Crippen LogP contribution in [0.3, 0.4) is 0 Å². The third kappa shape index (κ3) is 10.9. The summed E-state index contributed by atoms with van der Waals surface area (Å²) in [7, 11) is 2.17. The molecule has 0 aliphatic carbocycles. The van der Waals surface area contributed by atoms with Gasteiger partial charge in [-0.3, -0.25) is 9.59 Å². The van der Waals surface area contributed by atoms with Crippen molar-refractivity contribution in [3.05, 3.63) is 12.3 Å². The Morgan fingerprint density at radius 1 is 1.16 bits per heavy atom. The van der Waals surface area contributed by atoms with Crippen molar-refractivity contribution in [3.8, 4) is 0 Å². The van der Waals surface area contributed by atoms with Gasteiger partial charge in [0.25, 0.3) is 12.9 Å². The van der Waals surface area contributed by atoms with Crippen molar-refractivity contribution in [2.45, 2.75) is 20.8 Å². The highest BCUT2D eigenvalue weighted by Gasteiger charge is 2.15. The molecule has 0 bridgehead atoms. The molecule has 2 rings (SSSR count). The number of anilines is 2. The number of nitrogens with one attached hydrogen (secondary N) is 1. The molecule has 1 aromatic heterocycles. The fourth-order valence-corrected chi connectivity index (χ4v) is 2.04. The smallest absolute Gasteiger partial charge is 0.290 e. The summed E-state index contributed by atoms with van der Waals surface area (Å²) in [6.07, 6.45) is 1.85. The molecule has 0 unspecified atom stereocenters. The van der Waals surface area contributed by atoms with E-state index in [-0.39, 0.29) is 18.4 Å². The van der Waals surface area contributed by atoms with Crippen LogP contribution in [0.4, 0.5) is 11.5 Å². The topological polar surface area (TPSA) is 119 Å². The fraction of sp³-hybridized carbons (Fsp3) is 0.625. The molecule has 3 N–H and O–H groups in total. The van der Waals surface area contributed by atoms with Gasteiger partial charge in [-0.25, -0.2) is 0 Å². The predicted molar refractivity (Wildman–Crippen MR) is 97.1 cm³/mol. The molecule has 0 radical (unpaired) electrons. The van der Waals surface area contributed by atoms with Crippen molar-refractivity contribution < 1.29 is 19.8 Å². The summed E-state index contributed by atoms with van der Waals surface area (Å²) >= 11 is 0. The number of carbonyl (C=O) groups is 2. The van der Waals surface area contributed by atoms with Crippen LogP contribution in [0, 0.1) is 5.41 Å². The molecule has 25 heavy (non-hydrogen) atoms. The van der Waals surface area contributed by atoms with E-state index in [0.717, 1.165) is 38.5 Å². The molecule has 0 aromatic carbocycles. The van der Waals surface area contributed by atoms with Crippen molar-refractivity contribution in [1.29, 1.82) is 0 Å². The lowest BCUT2D eigenvalue weighted by Crippen LogP contribution is -2.44. The van der Waals surface area contributed by atoms with Gasteiger partial charge in [0.2, 0.25) is 0 Å². The average Bonchev–Trinajstić information content (AvgIpc) is 2.55. The van der Waals surface area contributed by atoms with Gasteiger partial charge in [-0.05, 0) is 12.5 Å². The number of hydrogen-bond donors (Lipinski definition) is 3. The van der Waals surface area contributed by atoms with E-state index in [9.17, 15) is 0 Å². The first kappa shape index (κ1) is 22.6. The summed E-state index contributed by atoms with van der Waals surface area (Å²) in [4.78, 5) is 21.4. The van der Waals surface area contributed by atoms with E-state index < -0.39 is 0 Å². The molecule has 1 fully saturated rings. The fourth-order valence-electron chi connectivity index (χ4n) is 2.04. The Labute approximate surface area is 148 Å². The highest BCUT2D eigenvalue weighted by Crippen LogP contribution is 2.19. The monoisotopic (exact) mass is 355 g/mol. The number of aromatic nitrogens is 2. The number of hydrogen-bond acceptors (Lipinski definition) is 7. The number of nitrogens with zero attached hydrogens (tertiary/aromatic N) is 4. The normalized spacial score (nSPS) is 14.3. The first-order valence-corrected chi connectivity index (χ1v) is 7.93. The van der Waals surface area contributed by atoms with Gasteiger partial charge in [0.1, 0.15) is 0 Å². The van der Waals surface area contributed by atoms with Crippen LogP contribution in [0.25, 0.3) is 0 Å². The van der Waals surface area contributed by atoms with Gasteiger partial charge < -0.3 is 25.3 Å². The van der Waals surface area contributed by atoms with Gasteiger partial charge in [-0.15, -0.1) is 5.10 Å². The van der Waals surface area contributed by atoms with E-state index in [1.165, 1.54) is 5.69 Å². The zero-order valence-electron chi connectivity index (χ0n) is 15.3. The third-order valence-electron chi connectivity index (χ3n) is 3.31. The Morgan fingerprint density at radius 2 is 1.68 bits per heavy atom. The second kappa shape index (κ2) is 12.0. The molecule has 0 saturated carbocycles. The molecule has 0 spiro atoms. The summed E-state index contributed by atoms with van der Waals surface area (Å²) < 4.78 is 0. The number of rotatable bonds is 3. The van der Waals surface area contributed by atoms with Crippen LogP contribution >= 0.6 is 0 Å². The van der Waals surface area contributed by atoms with Crippen molar-refractivity contribution in [2.75, 3.05) is 50.0 Å². The van der Waals surface area contributed by atoms with Gasteiger partial charge in [0, 0.05) is 38.8 Å². The minimum atomic E-state index is -0.250. The molecule has 142 valence electrons. The summed E-state index contributed by atoms with van der Waals surface area (Å²) in [5, 5.41) is 25.4. The Bertz CT molecular complexity index is 494. The quantitative estimate of drug-likeness (QED) is 0.684. The highest BCUT2D eigenvalue weighted by atomic mass is 16.3. The molecule has 1 aliphatic heterocycles. The van der Waals surface area contributed by atoms with E-state index in [0.29, 0.717) is 0 Å². The number of likely N-dealkylation sites (N-methyl/N-ethyl adjacent to an activating group) is 1. The van der Waals surface area contributed by atoms with Crippen LogP contribution in [0.15, 0.2) is 12.3 Å². The second-order valence-electron chi connectivity index (χ2n) is 6.71. The minimum Gasteiger partial charge on any atom is -0.483 e. The summed E-state index contributed by atoms with van der Waals surface area (Å²) in [6, 6.07) is 2.10. The molecule has 9 heteroatoms. The van der Waals surface area contributed by atoms with Crippen LogP contribution in [0.1, 0.15) is 20.8 Å². The largest absolute Gasteiger partial charge is 0.483 e.